The Bertz CT molecular complexity index is 882. The van der Waals surface area contributed by atoms with Crippen LogP contribution < -0.4 is 10.2 Å². The summed E-state index contributed by atoms with van der Waals surface area (Å²) >= 11 is 0. The van der Waals surface area contributed by atoms with E-state index in [9.17, 15) is 9.59 Å². The molecule has 0 bridgehead atoms. The highest BCUT2D eigenvalue weighted by atomic mass is 35.5. The molecular formula is C23H28ClN3O3. The minimum Gasteiger partial charge on any atom is -0.457 e. The maximum absolute atomic E-state index is 13.1. The number of halogens is 1. The van der Waals surface area contributed by atoms with Gasteiger partial charge in [-0.25, -0.2) is 4.79 Å². The number of hydrogen-bond acceptors (Lipinski definition) is 5. The Labute approximate surface area is 183 Å². The molecule has 2 aliphatic rings. The van der Waals surface area contributed by atoms with Crippen molar-refractivity contribution < 1.29 is 14.3 Å². The van der Waals surface area contributed by atoms with Crippen molar-refractivity contribution in [3.05, 3.63) is 65.7 Å². The van der Waals surface area contributed by atoms with Gasteiger partial charge in [-0.2, -0.15) is 0 Å². The Hall–Kier alpha value is -2.57. The molecule has 0 aliphatic carbocycles. The second kappa shape index (κ2) is 9.06. The number of benzene rings is 2. The van der Waals surface area contributed by atoms with Gasteiger partial charge in [-0.15, -0.1) is 12.4 Å². The predicted octanol–water partition coefficient (Wildman–Crippen LogP) is 3.21. The van der Waals surface area contributed by atoms with E-state index in [1.165, 1.54) is 0 Å². The molecule has 160 valence electrons. The van der Waals surface area contributed by atoms with Gasteiger partial charge in [-0.1, -0.05) is 30.3 Å². The summed E-state index contributed by atoms with van der Waals surface area (Å²) in [7, 11) is 1.87. The van der Waals surface area contributed by atoms with Crippen LogP contribution in [0, 0.1) is 0 Å². The number of carbonyl (C=O) groups is 2. The molecule has 30 heavy (non-hydrogen) atoms. The number of nitrogens with zero attached hydrogens (tertiary/aromatic N) is 2. The molecule has 2 fully saturated rings. The summed E-state index contributed by atoms with van der Waals surface area (Å²) in [6.45, 7) is 3.95. The molecule has 0 radical (unpaired) electrons. The summed E-state index contributed by atoms with van der Waals surface area (Å²) in [6, 6.07) is 17.0. The summed E-state index contributed by atoms with van der Waals surface area (Å²) < 4.78 is 5.42. The highest BCUT2D eigenvalue weighted by Gasteiger charge is 2.54. The SMILES string of the molecule is CC1N(C)C(=O)C2(CCNCC2)N1c1ccc(C(=O)OCc2ccccc2)cc1.Cl. The van der Waals surface area contributed by atoms with Crippen LogP contribution in [-0.4, -0.2) is 48.6 Å². The number of carbonyl (C=O) groups excluding carboxylic acids is 2. The fourth-order valence-electron chi connectivity index (χ4n) is 4.45. The van der Waals surface area contributed by atoms with E-state index in [2.05, 4.69) is 17.1 Å². The monoisotopic (exact) mass is 429 g/mol. The van der Waals surface area contributed by atoms with Crippen LogP contribution >= 0.6 is 12.4 Å². The van der Waals surface area contributed by atoms with Gasteiger partial charge in [0, 0.05) is 12.7 Å². The molecule has 1 amide bonds. The van der Waals surface area contributed by atoms with Gasteiger partial charge in [0.15, 0.2) is 0 Å². The minimum absolute atomic E-state index is 0. The van der Waals surface area contributed by atoms with Crippen molar-refractivity contribution in [1.82, 2.24) is 10.2 Å². The first-order chi connectivity index (χ1) is 14.0. The molecule has 2 heterocycles. The largest absolute Gasteiger partial charge is 0.457 e. The highest BCUT2D eigenvalue weighted by Crippen LogP contribution is 2.40. The quantitative estimate of drug-likeness (QED) is 0.756. The molecule has 1 N–H and O–H groups in total. The summed E-state index contributed by atoms with van der Waals surface area (Å²) in [5.74, 6) is -0.169. The third-order valence-corrected chi connectivity index (χ3v) is 6.14. The molecule has 2 saturated heterocycles. The van der Waals surface area contributed by atoms with E-state index in [1.807, 2.05) is 54.4 Å². The van der Waals surface area contributed by atoms with Crippen molar-refractivity contribution in [3.8, 4) is 0 Å². The molecule has 4 rings (SSSR count). The van der Waals surface area contributed by atoms with E-state index >= 15 is 0 Å². The van der Waals surface area contributed by atoms with Gasteiger partial charge in [-0.05, 0) is 62.7 Å². The van der Waals surface area contributed by atoms with Crippen LogP contribution in [-0.2, 0) is 16.1 Å². The van der Waals surface area contributed by atoms with Gasteiger partial charge >= 0.3 is 5.97 Å². The second-order valence-electron chi connectivity index (χ2n) is 7.81. The van der Waals surface area contributed by atoms with Crippen LogP contribution in [0.2, 0.25) is 0 Å². The average Bonchev–Trinajstić information content (AvgIpc) is 2.94. The summed E-state index contributed by atoms with van der Waals surface area (Å²) in [5.41, 5.74) is 1.92. The van der Waals surface area contributed by atoms with E-state index in [-0.39, 0.29) is 37.1 Å². The lowest BCUT2D eigenvalue weighted by Crippen LogP contribution is -2.56. The number of anilines is 1. The van der Waals surface area contributed by atoms with E-state index < -0.39 is 5.54 Å². The standard InChI is InChI=1S/C23H27N3O3.ClH/c1-17-25(2)22(28)23(12-14-24-15-13-23)26(17)20-10-8-19(9-11-20)21(27)29-16-18-6-4-3-5-7-18;/h3-11,17,24H,12-16H2,1-2H3;1H. The van der Waals surface area contributed by atoms with Crippen molar-refractivity contribution >= 4 is 30.0 Å². The zero-order chi connectivity index (χ0) is 20.4. The van der Waals surface area contributed by atoms with Gasteiger partial charge in [0.1, 0.15) is 18.3 Å². The van der Waals surface area contributed by atoms with Crippen molar-refractivity contribution in [3.63, 3.8) is 0 Å². The lowest BCUT2D eigenvalue weighted by Gasteiger charge is -2.41. The molecule has 0 aromatic heterocycles. The first-order valence-electron chi connectivity index (χ1n) is 10.1. The van der Waals surface area contributed by atoms with E-state index in [1.54, 1.807) is 12.1 Å². The number of nitrogens with one attached hydrogen (secondary N) is 1. The van der Waals surface area contributed by atoms with Crippen LogP contribution in [0.4, 0.5) is 5.69 Å². The lowest BCUT2D eigenvalue weighted by atomic mass is 9.86. The van der Waals surface area contributed by atoms with E-state index in [0.717, 1.165) is 37.2 Å². The molecule has 7 heteroatoms. The smallest absolute Gasteiger partial charge is 0.338 e. The van der Waals surface area contributed by atoms with Crippen molar-refractivity contribution in [2.24, 2.45) is 0 Å². The van der Waals surface area contributed by atoms with Gasteiger partial charge in [0.05, 0.1) is 5.56 Å². The fourth-order valence-corrected chi connectivity index (χ4v) is 4.45. The molecule has 2 aromatic rings. The lowest BCUT2D eigenvalue weighted by molar-refractivity contribution is -0.132. The number of ether oxygens (including phenoxy) is 1. The molecule has 2 aliphatic heterocycles. The van der Waals surface area contributed by atoms with Crippen molar-refractivity contribution in [1.29, 1.82) is 0 Å². The molecule has 1 atom stereocenters. The Kier molecular flexibility index (Phi) is 6.68. The van der Waals surface area contributed by atoms with Gasteiger partial charge in [0.2, 0.25) is 5.91 Å². The van der Waals surface area contributed by atoms with Crippen LogP contribution in [0.15, 0.2) is 54.6 Å². The second-order valence-corrected chi connectivity index (χ2v) is 7.81. The number of hydrogen-bond donors (Lipinski definition) is 1. The predicted molar refractivity (Wildman–Crippen MR) is 119 cm³/mol. The summed E-state index contributed by atoms with van der Waals surface area (Å²) in [5, 5.41) is 3.35. The Morgan fingerprint density at radius 1 is 1.10 bits per heavy atom. The average molecular weight is 430 g/mol. The Balaban J connectivity index is 0.00000256. The summed E-state index contributed by atoms with van der Waals surface area (Å²) in [4.78, 5) is 29.5. The first-order valence-corrected chi connectivity index (χ1v) is 10.1. The maximum Gasteiger partial charge on any atom is 0.338 e. The van der Waals surface area contributed by atoms with Gasteiger partial charge in [0.25, 0.3) is 0 Å². The number of amides is 1. The molecular weight excluding hydrogens is 402 g/mol. The molecule has 6 nitrogen and oxygen atoms in total. The van der Waals surface area contributed by atoms with Crippen LogP contribution in [0.5, 0.6) is 0 Å². The van der Waals surface area contributed by atoms with Gasteiger partial charge < -0.3 is 19.9 Å². The van der Waals surface area contributed by atoms with E-state index in [4.69, 9.17) is 4.74 Å². The van der Waals surface area contributed by atoms with Gasteiger partial charge in [-0.3, -0.25) is 4.79 Å². The normalized spacial score (nSPS) is 20.2. The third-order valence-electron chi connectivity index (χ3n) is 6.14. The number of piperidine rings is 1. The zero-order valence-corrected chi connectivity index (χ0v) is 18.2. The Morgan fingerprint density at radius 2 is 1.73 bits per heavy atom. The highest BCUT2D eigenvalue weighted by molar-refractivity contribution is 5.95. The minimum atomic E-state index is -0.505. The van der Waals surface area contributed by atoms with Crippen molar-refractivity contribution in [2.45, 2.75) is 38.1 Å². The first kappa shape index (κ1) is 22.1. The topological polar surface area (TPSA) is 61.9 Å². The molecule has 1 spiro atoms. The van der Waals surface area contributed by atoms with Crippen molar-refractivity contribution in [2.75, 3.05) is 25.0 Å². The third kappa shape index (κ3) is 3.89. The van der Waals surface area contributed by atoms with Crippen LogP contribution in [0.25, 0.3) is 0 Å². The fraction of sp³-hybridized carbons (Fsp3) is 0.391. The number of esters is 1. The molecule has 2 aromatic carbocycles. The number of likely N-dealkylation sites (N-methyl/N-ethyl adjacent to an activating group) is 1. The summed E-state index contributed by atoms with van der Waals surface area (Å²) in [6.07, 6.45) is 1.53. The maximum atomic E-state index is 13.1. The zero-order valence-electron chi connectivity index (χ0n) is 17.3. The number of rotatable bonds is 4. The molecule has 0 saturated carbocycles. The molecule has 1 unspecified atom stereocenters. The van der Waals surface area contributed by atoms with Crippen LogP contribution in [0.3, 0.4) is 0 Å². The Morgan fingerprint density at radius 3 is 2.37 bits per heavy atom. The van der Waals surface area contributed by atoms with E-state index in [0.29, 0.717) is 5.56 Å². The van der Waals surface area contributed by atoms with Crippen LogP contribution in [0.1, 0.15) is 35.7 Å².